The van der Waals surface area contributed by atoms with E-state index in [1.165, 1.54) is 42.1 Å². The molecule has 1 aliphatic rings. The summed E-state index contributed by atoms with van der Waals surface area (Å²) >= 11 is 3.56. The van der Waals surface area contributed by atoms with Gasteiger partial charge in [0, 0.05) is 16.6 Å². The summed E-state index contributed by atoms with van der Waals surface area (Å²) < 4.78 is 1.17. The molecule has 1 saturated carbocycles. The van der Waals surface area contributed by atoms with Gasteiger partial charge in [0.25, 0.3) is 0 Å². The van der Waals surface area contributed by atoms with Gasteiger partial charge in [0.15, 0.2) is 0 Å². The first-order valence-corrected chi connectivity index (χ1v) is 8.87. The minimum absolute atomic E-state index is 0.438. The Balaban J connectivity index is 1.90. The van der Waals surface area contributed by atoms with Crippen molar-refractivity contribution in [1.82, 2.24) is 5.32 Å². The number of hydrogen-bond acceptors (Lipinski definition) is 1. The van der Waals surface area contributed by atoms with E-state index < -0.39 is 0 Å². The summed E-state index contributed by atoms with van der Waals surface area (Å²) in [6, 6.07) is 9.79. The minimum atomic E-state index is 0.438. The van der Waals surface area contributed by atoms with Gasteiger partial charge in [-0.1, -0.05) is 54.8 Å². The predicted octanol–water partition coefficient (Wildman–Crippen LogP) is 5.70. The van der Waals surface area contributed by atoms with Crippen LogP contribution in [0.5, 0.6) is 0 Å². The Hall–Kier alpha value is -0.340. The van der Waals surface area contributed by atoms with Crippen LogP contribution in [0, 0.1) is 11.8 Å². The molecule has 1 aromatic rings. The van der Waals surface area contributed by atoms with Crippen LogP contribution in [0.15, 0.2) is 28.7 Å². The fourth-order valence-electron chi connectivity index (χ4n) is 3.39. The molecule has 0 spiro atoms. The van der Waals surface area contributed by atoms with E-state index in [-0.39, 0.29) is 0 Å². The predicted molar refractivity (Wildman–Crippen MR) is 90.9 cm³/mol. The monoisotopic (exact) mass is 337 g/mol. The maximum Gasteiger partial charge on any atom is 0.0294 e. The zero-order valence-corrected chi connectivity index (χ0v) is 14.6. The van der Waals surface area contributed by atoms with Crippen LogP contribution in [-0.2, 0) is 0 Å². The molecular formula is C18H28BrN. The summed E-state index contributed by atoms with van der Waals surface area (Å²) in [5.74, 6) is 1.78. The van der Waals surface area contributed by atoms with Gasteiger partial charge in [-0.15, -0.1) is 0 Å². The van der Waals surface area contributed by atoms with Gasteiger partial charge in [-0.05, 0) is 55.7 Å². The van der Waals surface area contributed by atoms with E-state index in [0.29, 0.717) is 12.1 Å². The van der Waals surface area contributed by atoms with E-state index >= 15 is 0 Å². The smallest absolute Gasteiger partial charge is 0.0294 e. The highest BCUT2D eigenvalue weighted by molar-refractivity contribution is 9.10. The third-order valence-electron chi connectivity index (χ3n) is 4.79. The Morgan fingerprint density at radius 3 is 2.60 bits per heavy atom. The van der Waals surface area contributed by atoms with Crippen LogP contribution in [0.2, 0.25) is 0 Å². The minimum Gasteiger partial charge on any atom is -0.307 e. The van der Waals surface area contributed by atoms with Gasteiger partial charge in [-0.25, -0.2) is 0 Å². The van der Waals surface area contributed by atoms with Crippen molar-refractivity contribution >= 4 is 15.9 Å². The summed E-state index contributed by atoms with van der Waals surface area (Å²) in [6.07, 6.45) is 6.86. The first-order valence-electron chi connectivity index (χ1n) is 8.07. The first kappa shape index (κ1) is 16.0. The molecule has 0 aromatic heterocycles. The molecule has 1 N–H and O–H groups in total. The van der Waals surface area contributed by atoms with E-state index in [9.17, 15) is 0 Å². The number of hydrogen-bond donors (Lipinski definition) is 1. The Morgan fingerprint density at radius 2 is 1.90 bits per heavy atom. The van der Waals surface area contributed by atoms with Crippen molar-refractivity contribution < 1.29 is 0 Å². The first-order chi connectivity index (χ1) is 9.56. The third-order valence-corrected chi connectivity index (χ3v) is 5.28. The summed E-state index contributed by atoms with van der Waals surface area (Å²) in [5, 5.41) is 3.84. The summed E-state index contributed by atoms with van der Waals surface area (Å²) in [6.45, 7) is 7.04. The molecule has 112 valence electrons. The largest absolute Gasteiger partial charge is 0.307 e. The molecule has 1 aromatic carbocycles. The molecule has 1 fully saturated rings. The quantitative estimate of drug-likeness (QED) is 0.694. The molecule has 1 aliphatic carbocycles. The Kier molecular flexibility index (Phi) is 6.10. The van der Waals surface area contributed by atoms with Crippen molar-refractivity contribution in [3.8, 4) is 0 Å². The molecule has 0 amide bonds. The summed E-state index contributed by atoms with van der Waals surface area (Å²) in [7, 11) is 0. The molecule has 1 nitrogen and oxygen atoms in total. The van der Waals surface area contributed by atoms with Crippen molar-refractivity contribution in [2.45, 2.75) is 65.0 Å². The lowest BCUT2D eigenvalue weighted by molar-refractivity contribution is 0.335. The van der Waals surface area contributed by atoms with Gasteiger partial charge in [-0.3, -0.25) is 0 Å². The van der Waals surface area contributed by atoms with Crippen molar-refractivity contribution in [3.63, 3.8) is 0 Å². The van der Waals surface area contributed by atoms with Crippen LogP contribution in [0.25, 0.3) is 0 Å². The SMILES string of the molecule is CC(NC1CCCC(C(C)C)CC1)c1cccc(Br)c1. The Morgan fingerprint density at radius 1 is 1.10 bits per heavy atom. The van der Waals surface area contributed by atoms with Crippen molar-refractivity contribution in [2.24, 2.45) is 11.8 Å². The van der Waals surface area contributed by atoms with Gasteiger partial charge >= 0.3 is 0 Å². The molecule has 0 bridgehead atoms. The number of halogens is 1. The van der Waals surface area contributed by atoms with Crippen LogP contribution in [0.3, 0.4) is 0 Å². The molecular weight excluding hydrogens is 310 g/mol. The molecule has 3 unspecified atom stereocenters. The zero-order chi connectivity index (χ0) is 14.5. The average molecular weight is 338 g/mol. The Bertz CT molecular complexity index is 416. The highest BCUT2D eigenvalue weighted by atomic mass is 79.9. The average Bonchev–Trinajstić information content (AvgIpc) is 2.64. The lowest BCUT2D eigenvalue weighted by atomic mass is 9.89. The summed E-state index contributed by atoms with van der Waals surface area (Å²) in [4.78, 5) is 0. The highest BCUT2D eigenvalue weighted by Crippen LogP contribution is 2.30. The molecule has 2 heteroatoms. The fraction of sp³-hybridized carbons (Fsp3) is 0.667. The van der Waals surface area contributed by atoms with E-state index in [1.54, 1.807) is 0 Å². The van der Waals surface area contributed by atoms with Gasteiger partial charge in [0.05, 0.1) is 0 Å². The van der Waals surface area contributed by atoms with Gasteiger partial charge < -0.3 is 5.32 Å². The van der Waals surface area contributed by atoms with Crippen molar-refractivity contribution in [2.75, 3.05) is 0 Å². The summed E-state index contributed by atoms with van der Waals surface area (Å²) in [5.41, 5.74) is 1.38. The van der Waals surface area contributed by atoms with Gasteiger partial charge in [0.2, 0.25) is 0 Å². The fourth-order valence-corrected chi connectivity index (χ4v) is 3.81. The zero-order valence-electron chi connectivity index (χ0n) is 13.0. The van der Waals surface area contributed by atoms with E-state index in [4.69, 9.17) is 0 Å². The second-order valence-electron chi connectivity index (χ2n) is 6.65. The molecule has 0 radical (unpaired) electrons. The Labute approximate surface area is 132 Å². The number of benzene rings is 1. The molecule has 0 saturated heterocycles. The van der Waals surface area contributed by atoms with E-state index in [0.717, 1.165) is 11.8 Å². The molecule has 3 atom stereocenters. The maximum absolute atomic E-state index is 3.84. The standard InChI is InChI=1S/C18H28BrN/c1-13(2)15-6-5-9-18(11-10-15)20-14(3)16-7-4-8-17(19)12-16/h4,7-8,12-15,18,20H,5-6,9-11H2,1-3H3. The van der Waals surface area contributed by atoms with Crippen LogP contribution < -0.4 is 5.32 Å². The van der Waals surface area contributed by atoms with Crippen molar-refractivity contribution in [1.29, 1.82) is 0 Å². The number of rotatable bonds is 4. The van der Waals surface area contributed by atoms with Crippen LogP contribution >= 0.6 is 15.9 Å². The third kappa shape index (κ3) is 4.60. The normalized spacial score (nSPS) is 25.4. The van der Waals surface area contributed by atoms with Gasteiger partial charge in [-0.2, -0.15) is 0 Å². The second-order valence-corrected chi connectivity index (χ2v) is 7.57. The second kappa shape index (κ2) is 7.61. The molecule has 0 heterocycles. The maximum atomic E-state index is 3.84. The van der Waals surface area contributed by atoms with E-state index in [2.05, 4.69) is 66.3 Å². The lowest BCUT2D eigenvalue weighted by Crippen LogP contribution is -2.31. The molecule has 20 heavy (non-hydrogen) atoms. The molecule has 0 aliphatic heterocycles. The number of nitrogens with one attached hydrogen (secondary N) is 1. The lowest BCUT2D eigenvalue weighted by Gasteiger charge is -2.23. The molecule has 2 rings (SSSR count). The van der Waals surface area contributed by atoms with Crippen LogP contribution in [-0.4, -0.2) is 6.04 Å². The van der Waals surface area contributed by atoms with E-state index in [1.807, 2.05) is 0 Å². The van der Waals surface area contributed by atoms with Crippen LogP contribution in [0.4, 0.5) is 0 Å². The van der Waals surface area contributed by atoms with Crippen LogP contribution in [0.1, 0.15) is 64.5 Å². The van der Waals surface area contributed by atoms with Crippen molar-refractivity contribution in [3.05, 3.63) is 34.3 Å². The topological polar surface area (TPSA) is 12.0 Å². The highest BCUT2D eigenvalue weighted by Gasteiger charge is 2.22. The van der Waals surface area contributed by atoms with Gasteiger partial charge in [0.1, 0.15) is 0 Å².